The summed E-state index contributed by atoms with van der Waals surface area (Å²) in [6.07, 6.45) is 1.83. The first-order valence-electron chi connectivity index (χ1n) is 12.1. The van der Waals surface area contributed by atoms with Crippen molar-refractivity contribution < 1.29 is 21.6 Å². The molecule has 1 aliphatic heterocycles. The largest absolute Gasteiger partial charge is 0.511 e. The van der Waals surface area contributed by atoms with Crippen molar-refractivity contribution >= 4 is 49.9 Å². The minimum atomic E-state index is -5.34. The van der Waals surface area contributed by atoms with E-state index >= 15 is 0 Å². The number of alkyl halides is 3. The summed E-state index contributed by atoms with van der Waals surface area (Å²) >= 11 is 12.3. The Bertz CT molecular complexity index is 1530. The van der Waals surface area contributed by atoms with E-state index in [1.54, 1.807) is 0 Å². The molecule has 0 saturated carbocycles. The molecule has 0 aliphatic carbocycles. The Kier molecular flexibility index (Phi) is 7.74. The SMILES string of the molecule is O=S(=O)(N1CCC(Nc2ncnc3ccc(C(c4ccc(Cl)cc4)c4ccc(Cl)cc4)cc23)CC1)C(F)(F)F. The van der Waals surface area contributed by atoms with Gasteiger partial charge in [-0.05, 0) is 65.9 Å². The van der Waals surface area contributed by atoms with Crippen LogP contribution in [0, 0.1) is 0 Å². The van der Waals surface area contributed by atoms with E-state index < -0.39 is 15.5 Å². The molecule has 5 rings (SSSR count). The zero-order valence-electron chi connectivity index (χ0n) is 20.4. The minimum Gasteiger partial charge on any atom is -0.367 e. The Labute approximate surface area is 233 Å². The summed E-state index contributed by atoms with van der Waals surface area (Å²) < 4.78 is 62.9. The number of hydrogen-bond donors (Lipinski definition) is 1. The highest BCUT2D eigenvalue weighted by molar-refractivity contribution is 7.90. The molecular weight excluding hydrogens is 572 g/mol. The molecule has 1 saturated heterocycles. The second kappa shape index (κ2) is 10.9. The van der Waals surface area contributed by atoms with Crippen LogP contribution in [0.5, 0.6) is 0 Å². The van der Waals surface area contributed by atoms with Gasteiger partial charge in [0.15, 0.2) is 0 Å². The molecule has 1 N–H and O–H groups in total. The number of hydrogen-bond acceptors (Lipinski definition) is 5. The molecule has 4 aromatic rings. The molecule has 0 spiro atoms. The molecule has 3 aromatic carbocycles. The van der Waals surface area contributed by atoms with Gasteiger partial charge in [-0.2, -0.15) is 17.5 Å². The summed E-state index contributed by atoms with van der Waals surface area (Å²) in [5.74, 6) is 0.387. The summed E-state index contributed by atoms with van der Waals surface area (Å²) in [6.45, 7) is -0.466. The maximum Gasteiger partial charge on any atom is 0.511 e. The van der Waals surface area contributed by atoms with Crippen molar-refractivity contribution in [3.8, 4) is 0 Å². The van der Waals surface area contributed by atoms with Gasteiger partial charge in [0, 0.05) is 40.5 Å². The number of benzene rings is 3. The third-order valence-corrected chi connectivity index (χ3v) is 8.96. The quantitative estimate of drug-likeness (QED) is 0.247. The number of piperidine rings is 1. The Morgan fingerprint density at radius 1 is 0.846 bits per heavy atom. The lowest BCUT2D eigenvalue weighted by atomic mass is 9.84. The van der Waals surface area contributed by atoms with Crippen LogP contribution >= 0.6 is 23.2 Å². The summed E-state index contributed by atoms with van der Waals surface area (Å²) in [5, 5.41) is 5.30. The average molecular weight is 595 g/mol. The molecule has 204 valence electrons. The lowest BCUT2D eigenvalue weighted by Crippen LogP contribution is -2.47. The van der Waals surface area contributed by atoms with E-state index in [-0.39, 0.29) is 37.9 Å². The molecule has 1 aromatic heterocycles. The van der Waals surface area contributed by atoms with Gasteiger partial charge in [0.25, 0.3) is 0 Å². The van der Waals surface area contributed by atoms with Crippen molar-refractivity contribution in [3.05, 3.63) is 99.8 Å². The fraction of sp³-hybridized carbons (Fsp3) is 0.259. The van der Waals surface area contributed by atoms with Gasteiger partial charge in [-0.1, -0.05) is 53.5 Å². The van der Waals surface area contributed by atoms with Crippen LogP contribution in [0.3, 0.4) is 0 Å². The van der Waals surface area contributed by atoms with Crippen molar-refractivity contribution in [3.63, 3.8) is 0 Å². The van der Waals surface area contributed by atoms with Gasteiger partial charge in [0.2, 0.25) is 0 Å². The molecule has 12 heteroatoms. The molecule has 1 fully saturated rings. The minimum absolute atomic E-state index is 0.146. The van der Waals surface area contributed by atoms with E-state index in [4.69, 9.17) is 23.2 Å². The topological polar surface area (TPSA) is 75.2 Å². The average Bonchev–Trinajstić information content (AvgIpc) is 2.91. The zero-order chi connectivity index (χ0) is 27.8. The summed E-state index contributed by atoms with van der Waals surface area (Å²) in [6, 6.07) is 20.8. The van der Waals surface area contributed by atoms with Crippen molar-refractivity contribution in [2.24, 2.45) is 0 Å². The predicted octanol–water partition coefficient (Wildman–Crippen LogP) is 6.84. The summed E-state index contributed by atoms with van der Waals surface area (Å²) in [7, 11) is -5.34. The van der Waals surface area contributed by atoms with Crippen molar-refractivity contribution in [1.29, 1.82) is 0 Å². The number of nitrogens with zero attached hydrogens (tertiary/aromatic N) is 3. The molecule has 0 amide bonds. The van der Waals surface area contributed by atoms with Gasteiger partial charge in [-0.3, -0.25) is 0 Å². The molecule has 1 aliphatic rings. The third kappa shape index (κ3) is 5.84. The zero-order valence-corrected chi connectivity index (χ0v) is 22.7. The van der Waals surface area contributed by atoms with Gasteiger partial charge in [-0.25, -0.2) is 18.4 Å². The lowest BCUT2D eigenvalue weighted by molar-refractivity contribution is -0.0494. The van der Waals surface area contributed by atoms with Crippen LogP contribution < -0.4 is 5.32 Å². The van der Waals surface area contributed by atoms with Gasteiger partial charge in [-0.15, -0.1) is 0 Å². The predicted molar refractivity (Wildman–Crippen MR) is 147 cm³/mol. The highest BCUT2D eigenvalue weighted by Gasteiger charge is 2.50. The molecule has 0 unspecified atom stereocenters. The fourth-order valence-electron chi connectivity index (χ4n) is 4.84. The molecule has 0 atom stereocenters. The monoisotopic (exact) mass is 594 g/mol. The Hall–Kier alpha value is -2.92. The summed E-state index contributed by atoms with van der Waals surface area (Å²) in [4.78, 5) is 8.79. The Morgan fingerprint density at radius 3 is 1.92 bits per heavy atom. The van der Waals surface area contributed by atoms with Crippen LogP contribution in [-0.2, 0) is 10.0 Å². The first kappa shape index (κ1) is 27.6. The van der Waals surface area contributed by atoms with Crippen LogP contribution in [0.25, 0.3) is 10.9 Å². The van der Waals surface area contributed by atoms with Crippen LogP contribution in [0.2, 0.25) is 10.0 Å². The van der Waals surface area contributed by atoms with E-state index in [0.29, 0.717) is 25.7 Å². The maximum absolute atomic E-state index is 12.9. The van der Waals surface area contributed by atoms with Crippen molar-refractivity contribution in [2.75, 3.05) is 18.4 Å². The number of rotatable bonds is 6. The number of anilines is 1. The van der Waals surface area contributed by atoms with Crippen molar-refractivity contribution in [2.45, 2.75) is 30.3 Å². The van der Waals surface area contributed by atoms with Crippen LogP contribution in [0.1, 0.15) is 35.4 Å². The summed E-state index contributed by atoms with van der Waals surface area (Å²) in [5.41, 5.74) is -1.61. The highest BCUT2D eigenvalue weighted by atomic mass is 35.5. The number of sulfonamides is 1. The first-order valence-corrected chi connectivity index (χ1v) is 14.3. The molecule has 39 heavy (non-hydrogen) atoms. The molecule has 6 nitrogen and oxygen atoms in total. The number of aromatic nitrogens is 2. The van der Waals surface area contributed by atoms with Crippen LogP contribution in [0.15, 0.2) is 73.1 Å². The van der Waals surface area contributed by atoms with Gasteiger partial charge in [0.1, 0.15) is 12.1 Å². The highest BCUT2D eigenvalue weighted by Crippen LogP contribution is 2.36. The van der Waals surface area contributed by atoms with Gasteiger partial charge >= 0.3 is 15.5 Å². The molecule has 0 bridgehead atoms. The van der Waals surface area contributed by atoms with E-state index in [0.717, 1.165) is 22.1 Å². The van der Waals surface area contributed by atoms with Crippen molar-refractivity contribution in [1.82, 2.24) is 14.3 Å². The van der Waals surface area contributed by atoms with E-state index in [2.05, 4.69) is 15.3 Å². The molecule has 0 radical (unpaired) electrons. The normalized spacial score (nSPS) is 15.6. The third-order valence-electron chi connectivity index (χ3n) is 6.83. The molecular formula is C27H23Cl2F3N4O2S. The number of nitrogens with one attached hydrogen (secondary N) is 1. The maximum atomic E-state index is 12.9. The van der Waals surface area contributed by atoms with E-state index in [1.807, 2.05) is 66.7 Å². The fourth-order valence-corrected chi connectivity index (χ4v) is 6.07. The standard InChI is InChI=1S/C27H23Cl2F3N4O2S/c28-20-6-1-17(2-7-20)25(18-3-8-21(29)9-4-18)19-5-10-24-23(15-19)26(34-16-33-24)35-22-11-13-36(14-12-22)39(37,38)27(30,31)32/h1-10,15-16,22,25H,11-14H2,(H,33,34,35). The first-order chi connectivity index (χ1) is 18.5. The van der Waals surface area contributed by atoms with Crippen LogP contribution in [0.4, 0.5) is 19.0 Å². The molecule has 2 heterocycles. The van der Waals surface area contributed by atoms with Gasteiger partial charge in [0.05, 0.1) is 5.52 Å². The smallest absolute Gasteiger partial charge is 0.367 e. The van der Waals surface area contributed by atoms with Gasteiger partial charge < -0.3 is 5.32 Å². The lowest BCUT2D eigenvalue weighted by Gasteiger charge is -2.32. The second-order valence-corrected chi connectivity index (χ2v) is 12.1. The number of halogens is 5. The Morgan fingerprint density at radius 2 is 1.38 bits per heavy atom. The Balaban J connectivity index is 1.45. The van der Waals surface area contributed by atoms with E-state index in [9.17, 15) is 21.6 Å². The van der Waals surface area contributed by atoms with E-state index in [1.165, 1.54) is 6.33 Å². The second-order valence-electron chi connectivity index (χ2n) is 9.30. The number of fused-ring (bicyclic) bond motifs is 1. The van der Waals surface area contributed by atoms with Crippen LogP contribution in [-0.4, -0.2) is 47.3 Å².